The Morgan fingerprint density at radius 1 is 1.20 bits per heavy atom. The molecule has 6 nitrogen and oxygen atoms in total. The van der Waals surface area contributed by atoms with Crippen molar-refractivity contribution >= 4 is 35.6 Å². The lowest BCUT2D eigenvalue weighted by atomic mass is 10.3. The second-order valence-electron chi connectivity index (χ2n) is 5.47. The monoisotopic (exact) mass is 453 g/mol. The van der Waals surface area contributed by atoms with E-state index >= 15 is 0 Å². The van der Waals surface area contributed by atoms with Crippen molar-refractivity contribution in [3.05, 3.63) is 60.4 Å². The molecular formula is C18H24IN5O. The number of guanidine groups is 1. The van der Waals surface area contributed by atoms with Crippen molar-refractivity contribution in [1.29, 1.82) is 0 Å². The van der Waals surface area contributed by atoms with Crippen molar-refractivity contribution in [3.63, 3.8) is 0 Å². The Labute approximate surface area is 164 Å². The minimum absolute atomic E-state index is 0. The van der Waals surface area contributed by atoms with E-state index < -0.39 is 0 Å². The first kappa shape index (κ1) is 19.3. The van der Waals surface area contributed by atoms with Crippen LogP contribution < -0.4 is 10.6 Å². The summed E-state index contributed by atoms with van der Waals surface area (Å²) in [5.41, 5.74) is 2.05. The Morgan fingerprint density at radius 3 is 2.88 bits per heavy atom. The topological polar surface area (TPSA) is 66.9 Å². The fourth-order valence-corrected chi connectivity index (χ4v) is 2.49. The van der Waals surface area contributed by atoms with Gasteiger partial charge in [0.2, 0.25) is 0 Å². The molecule has 0 atom stereocenters. The van der Waals surface area contributed by atoms with E-state index in [-0.39, 0.29) is 24.0 Å². The van der Waals surface area contributed by atoms with Gasteiger partial charge in [-0.25, -0.2) is 4.98 Å². The van der Waals surface area contributed by atoms with Crippen molar-refractivity contribution in [1.82, 2.24) is 20.0 Å². The largest absolute Gasteiger partial charge is 0.469 e. The normalized spacial score (nSPS) is 11.3. The molecule has 0 fully saturated rings. The molecule has 0 spiro atoms. The number of halogens is 1. The molecule has 0 aliphatic rings. The summed E-state index contributed by atoms with van der Waals surface area (Å²) in [6.07, 6.45) is 7.43. The average molecular weight is 453 g/mol. The van der Waals surface area contributed by atoms with Crippen molar-refractivity contribution in [2.75, 3.05) is 19.6 Å². The van der Waals surface area contributed by atoms with Crippen LogP contribution in [0.4, 0.5) is 0 Å². The summed E-state index contributed by atoms with van der Waals surface area (Å²) >= 11 is 0. The van der Waals surface area contributed by atoms with Crippen LogP contribution in [0.5, 0.6) is 0 Å². The molecular weight excluding hydrogens is 429 g/mol. The van der Waals surface area contributed by atoms with Gasteiger partial charge < -0.3 is 19.5 Å². The second-order valence-corrected chi connectivity index (χ2v) is 5.47. The molecule has 2 N–H and O–H groups in total. The first-order valence-electron chi connectivity index (χ1n) is 8.32. The van der Waals surface area contributed by atoms with Crippen molar-refractivity contribution in [2.45, 2.75) is 19.8 Å². The highest BCUT2D eigenvalue weighted by Gasteiger charge is 2.02. The van der Waals surface area contributed by atoms with Crippen LogP contribution in [-0.2, 0) is 12.8 Å². The summed E-state index contributed by atoms with van der Waals surface area (Å²) in [4.78, 5) is 9.17. The van der Waals surface area contributed by atoms with E-state index in [1.807, 2.05) is 40.9 Å². The first-order valence-corrected chi connectivity index (χ1v) is 8.32. The number of furan rings is 1. The van der Waals surface area contributed by atoms with Gasteiger partial charge in [0.05, 0.1) is 12.0 Å². The number of hydrogen-bond acceptors (Lipinski definition) is 3. The van der Waals surface area contributed by atoms with E-state index in [0.717, 1.165) is 49.0 Å². The summed E-state index contributed by atoms with van der Waals surface area (Å²) in [6, 6.07) is 9.89. The van der Waals surface area contributed by atoms with Gasteiger partial charge in [-0.05, 0) is 31.2 Å². The van der Waals surface area contributed by atoms with Crippen LogP contribution in [0.2, 0.25) is 0 Å². The zero-order valence-electron chi connectivity index (χ0n) is 14.3. The van der Waals surface area contributed by atoms with Gasteiger partial charge in [-0.15, -0.1) is 24.0 Å². The van der Waals surface area contributed by atoms with Gasteiger partial charge in [-0.3, -0.25) is 4.99 Å². The van der Waals surface area contributed by atoms with Gasteiger partial charge in [-0.1, -0.05) is 6.07 Å². The van der Waals surface area contributed by atoms with Gasteiger partial charge >= 0.3 is 0 Å². The molecule has 3 heterocycles. The highest BCUT2D eigenvalue weighted by Crippen LogP contribution is 2.04. The molecule has 7 heteroatoms. The minimum atomic E-state index is 0. The smallest absolute Gasteiger partial charge is 0.191 e. The molecule has 3 rings (SSSR count). The van der Waals surface area contributed by atoms with Crippen LogP contribution in [0.15, 0.2) is 58.4 Å². The van der Waals surface area contributed by atoms with E-state index in [1.165, 1.54) is 0 Å². The molecule has 0 bridgehead atoms. The van der Waals surface area contributed by atoms with Crippen LogP contribution in [-0.4, -0.2) is 35.0 Å². The van der Waals surface area contributed by atoms with Crippen molar-refractivity contribution in [2.24, 2.45) is 4.99 Å². The second kappa shape index (κ2) is 10.1. The maximum absolute atomic E-state index is 5.32. The highest BCUT2D eigenvalue weighted by molar-refractivity contribution is 14.0. The van der Waals surface area contributed by atoms with Gasteiger partial charge in [0.25, 0.3) is 0 Å². The number of fused-ring (bicyclic) bond motifs is 1. The summed E-state index contributed by atoms with van der Waals surface area (Å²) in [5, 5.41) is 6.61. The molecule has 0 saturated carbocycles. The number of nitrogens with one attached hydrogen (secondary N) is 2. The van der Waals surface area contributed by atoms with Gasteiger partial charge in [-0.2, -0.15) is 0 Å². The third kappa shape index (κ3) is 5.77. The number of nitrogens with zero attached hydrogens (tertiary/aromatic N) is 3. The standard InChI is InChI=1S/C18H23N5O.HI/c1-2-19-18(21-11-9-16-6-5-13-24-16)20-10-8-15-14-23-12-4-3-7-17(23)22-15;/h3-7,12-14H,2,8-11H2,1H3,(H2,19,20,21);1H. The number of pyridine rings is 1. The van der Waals surface area contributed by atoms with Crippen LogP contribution in [0, 0.1) is 0 Å². The average Bonchev–Trinajstić information content (AvgIpc) is 3.23. The van der Waals surface area contributed by atoms with Crippen LogP contribution in [0.3, 0.4) is 0 Å². The number of rotatable bonds is 7. The van der Waals surface area contributed by atoms with Crippen LogP contribution in [0.1, 0.15) is 18.4 Å². The highest BCUT2D eigenvalue weighted by atomic mass is 127. The van der Waals surface area contributed by atoms with E-state index in [2.05, 4.69) is 33.7 Å². The summed E-state index contributed by atoms with van der Waals surface area (Å²) < 4.78 is 7.36. The fraction of sp³-hybridized carbons (Fsp3) is 0.333. The third-order valence-corrected chi connectivity index (χ3v) is 3.64. The van der Waals surface area contributed by atoms with E-state index in [0.29, 0.717) is 6.54 Å². The third-order valence-electron chi connectivity index (χ3n) is 3.64. The van der Waals surface area contributed by atoms with Gasteiger partial charge in [0.1, 0.15) is 11.4 Å². The zero-order valence-corrected chi connectivity index (χ0v) is 16.6. The number of aliphatic imine (C=N–C) groups is 1. The Hall–Kier alpha value is -2.03. The molecule has 25 heavy (non-hydrogen) atoms. The predicted octanol–water partition coefficient (Wildman–Crippen LogP) is 2.89. The fourth-order valence-electron chi connectivity index (χ4n) is 2.49. The zero-order chi connectivity index (χ0) is 16.6. The quantitative estimate of drug-likeness (QED) is 0.328. The summed E-state index contributed by atoms with van der Waals surface area (Å²) in [5.74, 6) is 1.78. The maximum Gasteiger partial charge on any atom is 0.191 e. The van der Waals surface area contributed by atoms with Gasteiger partial charge in [0.15, 0.2) is 5.96 Å². The minimum Gasteiger partial charge on any atom is -0.469 e. The van der Waals surface area contributed by atoms with Crippen LogP contribution >= 0.6 is 24.0 Å². The lowest BCUT2D eigenvalue weighted by Gasteiger charge is -2.10. The van der Waals surface area contributed by atoms with E-state index in [4.69, 9.17) is 4.42 Å². The van der Waals surface area contributed by atoms with E-state index in [9.17, 15) is 0 Å². The molecule has 0 amide bonds. The van der Waals surface area contributed by atoms with Crippen LogP contribution in [0.25, 0.3) is 5.65 Å². The molecule has 0 unspecified atom stereocenters. The Bertz CT molecular complexity index is 749. The summed E-state index contributed by atoms with van der Waals surface area (Å²) in [6.45, 7) is 4.38. The molecule has 3 aromatic heterocycles. The van der Waals surface area contributed by atoms with Gasteiger partial charge in [0, 0.05) is 44.9 Å². The number of aromatic nitrogens is 2. The van der Waals surface area contributed by atoms with Crippen molar-refractivity contribution in [3.8, 4) is 0 Å². The number of hydrogen-bond donors (Lipinski definition) is 2. The predicted molar refractivity (Wildman–Crippen MR) is 111 cm³/mol. The Kier molecular flexibility index (Phi) is 7.77. The van der Waals surface area contributed by atoms with Crippen molar-refractivity contribution < 1.29 is 4.42 Å². The molecule has 0 aliphatic heterocycles. The Balaban J connectivity index is 0.00000225. The molecule has 0 aromatic carbocycles. The first-order chi connectivity index (χ1) is 11.8. The molecule has 0 radical (unpaired) electrons. The summed E-state index contributed by atoms with van der Waals surface area (Å²) in [7, 11) is 0. The lowest BCUT2D eigenvalue weighted by Crippen LogP contribution is -2.38. The molecule has 134 valence electrons. The molecule has 0 saturated heterocycles. The maximum atomic E-state index is 5.32. The van der Waals surface area contributed by atoms with E-state index in [1.54, 1.807) is 6.26 Å². The SMILES string of the molecule is CCNC(=NCCc1ccco1)NCCc1cn2ccccc2n1.I. The molecule has 0 aliphatic carbocycles. The number of imidazole rings is 1. The molecule has 3 aromatic rings. The lowest BCUT2D eigenvalue weighted by molar-refractivity contribution is 0.510. The Morgan fingerprint density at radius 2 is 2.12 bits per heavy atom.